The van der Waals surface area contributed by atoms with Gasteiger partial charge in [0, 0.05) is 13.2 Å². The van der Waals surface area contributed by atoms with Crippen LogP contribution in [-0.2, 0) is 4.74 Å². The highest BCUT2D eigenvalue weighted by molar-refractivity contribution is 4.68. The summed E-state index contributed by atoms with van der Waals surface area (Å²) < 4.78 is 5.59. The SMILES string of the molecule is C=CCCCOC[C@H]1CCCNC1. The van der Waals surface area contributed by atoms with E-state index in [-0.39, 0.29) is 0 Å². The summed E-state index contributed by atoms with van der Waals surface area (Å²) in [7, 11) is 0. The van der Waals surface area contributed by atoms with Crippen molar-refractivity contribution >= 4 is 0 Å². The lowest BCUT2D eigenvalue weighted by molar-refractivity contribution is 0.0886. The molecule has 1 aliphatic rings. The highest BCUT2D eigenvalue weighted by atomic mass is 16.5. The second-order valence-electron chi connectivity index (χ2n) is 3.72. The summed E-state index contributed by atoms with van der Waals surface area (Å²) in [5.41, 5.74) is 0. The van der Waals surface area contributed by atoms with Crippen molar-refractivity contribution in [3.8, 4) is 0 Å². The molecule has 1 N–H and O–H groups in total. The van der Waals surface area contributed by atoms with Crippen LogP contribution in [0.3, 0.4) is 0 Å². The molecular formula is C11H21NO. The molecule has 2 nitrogen and oxygen atoms in total. The zero-order valence-corrected chi connectivity index (χ0v) is 8.43. The molecule has 0 radical (unpaired) electrons. The summed E-state index contributed by atoms with van der Waals surface area (Å²) in [5, 5.41) is 3.39. The first-order valence-corrected chi connectivity index (χ1v) is 5.33. The zero-order chi connectivity index (χ0) is 9.36. The van der Waals surface area contributed by atoms with Crippen molar-refractivity contribution in [3.05, 3.63) is 12.7 Å². The lowest BCUT2D eigenvalue weighted by atomic mass is 10.0. The van der Waals surface area contributed by atoms with Gasteiger partial charge in [-0.15, -0.1) is 6.58 Å². The van der Waals surface area contributed by atoms with Crippen LogP contribution in [0.2, 0.25) is 0 Å². The van der Waals surface area contributed by atoms with Crippen LogP contribution < -0.4 is 5.32 Å². The molecule has 0 amide bonds. The van der Waals surface area contributed by atoms with Crippen molar-refractivity contribution in [1.82, 2.24) is 5.32 Å². The summed E-state index contributed by atoms with van der Waals surface area (Å²) in [6.07, 6.45) is 6.77. The van der Waals surface area contributed by atoms with Crippen molar-refractivity contribution in [2.45, 2.75) is 25.7 Å². The third-order valence-corrected chi connectivity index (χ3v) is 2.45. The van der Waals surface area contributed by atoms with Gasteiger partial charge in [0.15, 0.2) is 0 Å². The van der Waals surface area contributed by atoms with Gasteiger partial charge in [0.05, 0.1) is 6.61 Å². The van der Waals surface area contributed by atoms with Gasteiger partial charge in [-0.2, -0.15) is 0 Å². The average Bonchev–Trinajstić information content (AvgIpc) is 2.19. The minimum atomic E-state index is 0.748. The van der Waals surface area contributed by atoms with E-state index in [4.69, 9.17) is 4.74 Å². The van der Waals surface area contributed by atoms with E-state index in [1.165, 1.54) is 19.4 Å². The van der Waals surface area contributed by atoms with Gasteiger partial charge in [0.25, 0.3) is 0 Å². The molecule has 1 atom stereocenters. The second kappa shape index (κ2) is 7.10. The van der Waals surface area contributed by atoms with Crippen LogP contribution in [0.25, 0.3) is 0 Å². The predicted octanol–water partition coefficient (Wildman–Crippen LogP) is 1.97. The van der Waals surface area contributed by atoms with Gasteiger partial charge >= 0.3 is 0 Å². The second-order valence-corrected chi connectivity index (χ2v) is 3.72. The Bertz CT molecular complexity index is 130. The smallest absolute Gasteiger partial charge is 0.0506 e. The van der Waals surface area contributed by atoms with Gasteiger partial charge in [-0.1, -0.05) is 6.08 Å². The third kappa shape index (κ3) is 5.06. The third-order valence-electron chi connectivity index (χ3n) is 2.45. The Morgan fingerprint density at radius 2 is 2.46 bits per heavy atom. The molecule has 1 aliphatic heterocycles. The van der Waals surface area contributed by atoms with Gasteiger partial charge in [-0.25, -0.2) is 0 Å². The molecule has 0 aromatic carbocycles. The van der Waals surface area contributed by atoms with Crippen LogP contribution in [0.1, 0.15) is 25.7 Å². The van der Waals surface area contributed by atoms with Crippen molar-refractivity contribution in [1.29, 1.82) is 0 Å². The van der Waals surface area contributed by atoms with Crippen molar-refractivity contribution in [2.75, 3.05) is 26.3 Å². The Labute approximate surface area is 81.4 Å². The molecule has 76 valence electrons. The van der Waals surface area contributed by atoms with Crippen LogP contribution in [0.4, 0.5) is 0 Å². The molecule has 1 fully saturated rings. The van der Waals surface area contributed by atoms with Gasteiger partial charge in [-0.05, 0) is 38.1 Å². The first-order valence-electron chi connectivity index (χ1n) is 5.33. The first kappa shape index (κ1) is 10.7. The van der Waals surface area contributed by atoms with Crippen molar-refractivity contribution < 1.29 is 4.74 Å². The van der Waals surface area contributed by atoms with E-state index >= 15 is 0 Å². The molecule has 0 saturated carbocycles. The Morgan fingerprint density at radius 3 is 3.15 bits per heavy atom. The van der Waals surface area contributed by atoms with Crippen LogP contribution in [0.15, 0.2) is 12.7 Å². The minimum Gasteiger partial charge on any atom is -0.381 e. The molecule has 0 aromatic heterocycles. The number of piperidine rings is 1. The summed E-state index contributed by atoms with van der Waals surface area (Å²) >= 11 is 0. The number of nitrogens with one attached hydrogen (secondary N) is 1. The molecule has 1 saturated heterocycles. The van der Waals surface area contributed by atoms with Crippen LogP contribution in [0.5, 0.6) is 0 Å². The Morgan fingerprint density at radius 1 is 1.54 bits per heavy atom. The Balaban J connectivity index is 1.89. The number of hydrogen-bond donors (Lipinski definition) is 1. The maximum Gasteiger partial charge on any atom is 0.0506 e. The van der Waals surface area contributed by atoms with Crippen LogP contribution >= 0.6 is 0 Å². The maximum absolute atomic E-state index is 5.59. The zero-order valence-electron chi connectivity index (χ0n) is 8.43. The highest BCUT2D eigenvalue weighted by Gasteiger charge is 2.12. The average molecular weight is 183 g/mol. The number of rotatable bonds is 6. The monoisotopic (exact) mass is 183 g/mol. The maximum atomic E-state index is 5.59. The lowest BCUT2D eigenvalue weighted by Gasteiger charge is -2.22. The van der Waals surface area contributed by atoms with Crippen LogP contribution in [-0.4, -0.2) is 26.3 Å². The van der Waals surface area contributed by atoms with Gasteiger partial charge < -0.3 is 10.1 Å². The molecule has 0 spiro atoms. The van der Waals surface area contributed by atoms with E-state index in [0.717, 1.165) is 38.5 Å². The topological polar surface area (TPSA) is 21.3 Å². The Kier molecular flexibility index (Phi) is 5.87. The molecule has 2 heteroatoms. The lowest BCUT2D eigenvalue weighted by Crippen LogP contribution is -2.32. The normalized spacial score (nSPS) is 22.9. The fraction of sp³-hybridized carbons (Fsp3) is 0.818. The molecule has 0 aromatic rings. The van der Waals surface area contributed by atoms with Crippen molar-refractivity contribution in [2.24, 2.45) is 5.92 Å². The van der Waals surface area contributed by atoms with Gasteiger partial charge in [-0.3, -0.25) is 0 Å². The number of ether oxygens (including phenoxy) is 1. The van der Waals surface area contributed by atoms with E-state index in [1.807, 2.05) is 6.08 Å². The molecule has 1 rings (SSSR count). The molecule has 0 bridgehead atoms. The quantitative estimate of drug-likeness (QED) is 0.502. The molecular weight excluding hydrogens is 162 g/mol. The minimum absolute atomic E-state index is 0.748. The Hall–Kier alpha value is -0.340. The summed E-state index contributed by atoms with van der Waals surface area (Å²) in [5.74, 6) is 0.748. The first-order chi connectivity index (χ1) is 6.43. The summed E-state index contributed by atoms with van der Waals surface area (Å²) in [6, 6.07) is 0. The number of allylic oxidation sites excluding steroid dienone is 1. The summed E-state index contributed by atoms with van der Waals surface area (Å²) in [4.78, 5) is 0. The largest absolute Gasteiger partial charge is 0.381 e. The highest BCUT2D eigenvalue weighted by Crippen LogP contribution is 2.10. The fourth-order valence-electron chi connectivity index (χ4n) is 1.65. The van der Waals surface area contributed by atoms with E-state index in [0.29, 0.717) is 0 Å². The molecule has 1 heterocycles. The number of hydrogen-bond acceptors (Lipinski definition) is 2. The molecule has 13 heavy (non-hydrogen) atoms. The van der Waals surface area contributed by atoms with E-state index in [2.05, 4.69) is 11.9 Å². The number of unbranched alkanes of at least 4 members (excludes halogenated alkanes) is 1. The van der Waals surface area contributed by atoms with Crippen molar-refractivity contribution in [3.63, 3.8) is 0 Å². The summed E-state index contributed by atoms with van der Waals surface area (Å²) in [6.45, 7) is 7.84. The van der Waals surface area contributed by atoms with E-state index in [1.54, 1.807) is 0 Å². The van der Waals surface area contributed by atoms with Gasteiger partial charge in [0.1, 0.15) is 0 Å². The van der Waals surface area contributed by atoms with Gasteiger partial charge in [0.2, 0.25) is 0 Å². The fourth-order valence-corrected chi connectivity index (χ4v) is 1.65. The molecule has 0 aliphatic carbocycles. The standard InChI is InChI=1S/C11H21NO/c1-2-3-4-8-13-10-11-6-5-7-12-9-11/h2,11-12H,1,3-10H2/t11-/m0/s1. The predicted molar refractivity (Wildman–Crippen MR) is 55.8 cm³/mol. The molecule has 0 unspecified atom stereocenters. The van der Waals surface area contributed by atoms with Crippen LogP contribution in [0, 0.1) is 5.92 Å². The van der Waals surface area contributed by atoms with E-state index < -0.39 is 0 Å². The van der Waals surface area contributed by atoms with E-state index in [9.17, 15) is 0 Å².